The summed E-state index contributed by atoms with van der Waals surface area (Å²) >= 11 is 0. The van der Waals surface area contributed by atoms with Gasteiger partial charge in [0.2, 0.25) is 5.43 Å². The van der Waals surface area contributed by atoms with E-state index >= 15 is 0 Å². The van der Waals surface area contributed by atoms with Crippen molar-refractivity contribution < 1.29 is 9.53 Å². The van der Waals surface area contributed by atoms with Gasteiger partial charge in [0.15, 0.2) is 0 Å². The van der Waals surface area contributed by atoms with Gasteiger partial charge in [0.1, 0.15) is 5.56 Å². The number of amides is 1. The highest BCUT2D eigenvalue weighted by Crippen LogP contribution is 2.31. The molecule has 6 nitrogen and oxygen atoms in total. The molecule has 1 N–H and O–H groups in total. The SMILES string of the molecule is Cn1cc(C(=O)NC2(CN3CCOCC3)CCCC2)c(=O)c2ccccc21. The molecule has 27 heavy (non-hydrogen) atoms. The third kappa shape index (κ3) is 3.64. The maximum absolute atomic E-state index is 13.1. The molecular weight excluding hydrogens is 342 g/mol. The van der Waals surface area contributed by atoms with E-state index in [4.69, 9.17) is 4.74 Å². The van der Waals surface area contributed by atoms with Crippen LogP contribution in [-0.2, 0) is 11.8 Å². The molecule has 2 aromatic rings. The summed E-state index contributed by atoms with van der Waals surface area (Å²) in [5, 5.41) is 3.84. The molecule has 0 bridgehead atoms. The topological polar surface area (TPSA) is 63.6 Å². The zero-order chi connectivity index (χ0) is 18.9. The van der Waals surface area contributed by atoms with Gasteiger partial charge in [0, 0.05) is 38.3 Å². The first kappa shape index (κ1) is 18.2. The number of pyridine rings is 1. The molecular formula is C21H27N3O3. The Morgan fingerprint density at radius 2 is 1.89 bits per heavy atom. The molecule has 2 aliphatic rings. The number of hydrogen-bond acceptors (Lipinski definition) is 4. The van der Waals surface area contributed by atoms with Crippen molar-refractivity contribution in [1.29, 1.82) is 0 Å². The highest BCUT2D eigenvalue weighted by Gasteiger charge is 2.38. The van der Waals surface area contributed by atoms with Crippen molar-refractivity contribution in [2.45, 2.75) is 31.2 Å². The van der Waals surface area contributed by atoms with Gasteiger partial charge in [-0.1, -0.05) is 25.0 Å². The van der Waals surface area contributed by atoms with E-state index in [0.29, 0.717) is 5.39 Å². The molecule has 0 radical (unpaired) electrons. The Balaban J connectivity index is 1.61. The van der Waals surface area contributed by atoms with Crippen molar-refractivity contribution >= 4 is 16.8 Å². The third-order valence-corrected chi connectivity index (χ3v) is 5.91. The summed E-state index contributed by atoms with van der Waals surface area (Å²) in [6.07, 6.45) is 5.81. The molecule has 1 aliphatic heterocycles. The molecule has 0 unspecified atom stereocenters. The average Bonchev–Trinajstić information content (AvgIpc) is 3.13. The maximum Gasteiger partial charge on any atom is 0.257 e. The van der Waals surface area contributed by atoms with E-state index in [1.807, 2.05) is 29.8 Å². The molecule has 2 heterocycles. The highest BCUT2D eigenvalue weighted by atomic mass is 16.5. The molecule has 1 aliphatic carbocycles. The molecule has 2 fully saturated rings. The van der Waals surface area contributed by atoms with E-state index in [1.165, 1.54) is 0 Å². The number of morpholine rings is 1. The first-order valence-corrected chi connectivity index (χ1v) is 9.79. The number of aryl methyl sites for hydroxylation is 1. The molecule has 4 rings (SSSR count). The van der Waals surface area contributed by atoms with E-state index in [-0.39, 0.29) is 22.4 Å². The number of fused-ring (bicyclic) bond motifs is 1. The van der Waals surface area contributed by atoms with Crippen LogP contribution in [-0.4, -0.2) is 53.8 Å². The Hall–Kier alpha value is -2.18. The fourth-order valence-electron chi connectivity index (χ4n) is 4.47. The number of ether oxygens (including phenoxy) is 1. The van der Waals surface area contributed by atoms with Crippen molar-refractivity contribution in [2.24, 2.45) is 7.05 Å². The molecule has 1 saturated carbocycles. The van der Waals surface area contributed by atoms with E-state index < -0.39 is 0 Å². The lowest BCUT2D eigenvalue weighted by Crippen LogP contribution is -2.56. The Morgan fingerprint density at radius 3 is 2.63 bits per heavy atom. The van der Waals surface area contributed by atoms with Crippen LogP contribution in [0.3, 0.4) is 0 Å². The van der Waals surface area contributed by atoms with Crippen molar-refractivity contribution in [3.05, 3.63) is 46.2 Å². The monoisotopic (exact) mass is 369 g/mol. The van der Waals surface area contributed by atoms with Crippen LogP contribution < -0.4 is 10.7 Å². The Labute approximate surface area is 159 Å². The van der Waals surface area contributed by atoms with Crippen LogP contribution in [0.25, 0.3) is 10.9 Å². The number of benzene rings is 1. The van der Waals surface area contributed by atoms with Crippen LogP contribution in [0.5, 0.6) is 0 Å². The lowest BCUT2D eigenvalue weighted by atomic mass is 9.95. The van der Waals surface area contributed by atoms with E-state index in [2.05, 4.69) is 10.2 Å². The molecule has 1 amide bonds. The maximum atomic E-state index is 13.1. The van der Waals surface area contributed by atoms with Gasteiger partial charge in [0.05, 0.1) is 24.3 Å². The van der Waals surface area contributed by atoms with Gasteiger partial charge in [-0.25, -0.2) is 0 Å². The highest BCUT2D eigenvalue weighted by molar-refractivity contribution is 5.97. The van der Waals surface area contributed by atoms with Gasteiger partial charge >= 0.3 is 0 Å². The van der Waals surface area contributed by atoms with Crippen LogP contribution >= 0.6 is 0 Å². The summed E-state index contributed by atoms with van der Waals surface area (Å²) in [7, 11) is 1.87. The molecule has 0 atom stereocenters. The second-order valence-electron chi connectivity index (χ2n) is 7.83. The van der Waals surface area contributed by atoms with E-state index in [9.17, 15) is 9.59 Å². The van der Waals surface area contributed by atoms with Crippen molar-refractivity contribution in [1.82, 2.24) is 14.8 Å². The zero-order valence-corrected chi connectivity index (χ0v) is 15.9. The normalized spacial score (nSPS) is 20.0. The molecule has 1 aromatic heterocycles. The predicted molar refractivity (Wildman–Crippen MR) is 105 cm³/mol. The minimum Gasteiger partial charge on any atom is -0.379 e. The minimum absolute atomic E-state index is 0.194. The second-order valence-corrected chi connectivity index (χ2v) is 7.83. The largest absolute Gasteiger partial charge is 0.379 e. The first-order chi connectivity index (χ1) is 13.1. The van der Waals surface area contributed by atoms with Gasteiger partial charge in [0.25, 0.3) is 5.91 Å². The number of nitrogens with zero attached hydrogens (tertiary/aromatic N) is 2. The predicted octanol–water partition coefficient (Wildman–Crippen LogP) is 1.91. The Bertz CT molecular complexity index is 893. The lowest BCUT2D eigenvalue weighted by molar-refractivity contribution is 0.0238. The zero-order valence-electron chi connectivity index (χ0n) is 15.9. The number of rotatable bonds is 4. The summed E-state index contributed by atoms with van der Waals surface area (Å²) in [5.74, 6) is -0.253. The van der Waals surface area contributed by atoms with Gasteiger partial charge in [-0.15, -0.1) is 0 Å². The van der Waals surface area contributed by atoms with Crippen LogP contribution in [0.4, 0.5) is 0 Å². The van der Waals surface area contributed by atoms with Crippen LogP contribution in [0.1, 0.15) is 36.0 Å². The van der Waals surface area contributed by atoms with Gasteiger partial charge in [-0.3, -0.25) is 14.5 Å². The van der Waals surface area contributed by atoms with Crippen molar-refractivity contribution in [2.75, 3.05) is 32.8 Å². The fourth-order valence-corrected chi connectivity index (χ4v) is 4.47. The van der Waals surface area contributed by atoms with Crippen molar-refractivity contribution in [3.63, 3.8) is 0 Å². The average molecular weight is 369 g/mol. The number of carbonyl (C=O) groups is 1. The quantitative estimate of drug-likeness (QED) is 0.894. The first-order valence-electron chi connectivity index (χ1n) is 9.79. The summed E-state index contributed by atoms with van der Waals surface area (Å²) in [5.41, 5.74) is 0.624. The van der Waals surface area contributed by atoms with Gasteiger partial charge < -0.3 is 14.6 Å². The number of para-hydroxylation sites is 1. The Kier molecular flexibility index (Phi) is 5.02. The molecule has 1 aromatic carbocycles. The number of carbonyl (C=O) groups excluding carboxylic acids is 1. The fraction of sp³-hybridized carbons (Fsp3) is 0.524. The lowest BCUT2D eigenvalue weighted by Gasteiger charge is -2.37. The third-order valence-electron chi connectivity index (χ3n) is 5.91. The second kappa shape index (κ2) is 7.44. The number of aromatic nitrogens is 1. The molecule has 6 heteroatoms. The summed E-state index contributed by atoms with van der Waals surface area (Å²) in [6, 6.07) is 7.42. The molecule has 144 valence electrons. The van der Waals surface area contributed by atoms with Gasteiger partial charge in [-0.2, -0.15) is 0 Å². The van der Waals surface area contributed by atoms with Gasteiger partial charge in [-0.05, 0) is 25.0 Å². The summed E-state index contributed by atoms with van der Waals surface area (Å²) in [6.45, 7) is 4.12. The van der Waals surface area contributed by atoms with E-state index in [1.54, 1.807) is 12.3 Å². The van der Waals surface area contributed by atoms with Crippen molar-refractivity contribution in [3.8, 4) is 0 Å². The standard InChI is InChI=1S/C21H27N3O3/c1-23-14-17(19(25)16-6-2-3-7-18(16)23)20(26)22-21(8-4-5-9-21)15-24-10-12-27-13-11-24/h2-3,6-7,14H,4-5,8-13,15H2,1H3,(H,22,26). The van der Waals surface area contributed by atoms with Crippen LogP contribution in [0.2, 0.25) is 0 Å². The summed E-state index contributed by atoms with van der Waals surface area (Å²) < 4.78 is 7.30. The van der Waals surface area contributed by atoms with Crippen LogP contribution in [0, 0.1) is 0 Å². The number of hydrogen-bond donors (Lipinski definition) is 1. The van der Waals surface area contributed by atoms with Crippen LogP contribution in [0.15, 0.2) is 35.3 Å². The molecule has 0 spiro atoms. The number of nitrogens with one attached hydrogen (secondary N) is 1. The molecule has 1 saturated heterocycles. The minimum atomic E-state index is -0.253. The Morgan fingerprint density at radius 1 is 1.19 bits per heavy atom. The van der Waals surface area contributed by atoms with E-state index in [0.717, 1.165) is 64.0 Å². The summed E-state index contributed by atoms with van der Waals surface area (Å²) in [4.78, 5) is 28.4. The smallest absolute Gasteiger partial charge is 0.257 e.